The van der Waals surface area contributed by atoms with Gasteiger partial charge in [-0.05, 0) is 30.7 Å². The molecule has 1 atom stereocenters. The first kappa shape index (κ1) is 20.5. The fraction of sp³-hybridized carbons (Fsp3) is 0.533. The van der Waals surface area contributed by atoms with Crippen molar-refractivity contribution < 1.29 is 19.0 Å². The summed E-state index contributed by atoms with van der Waals surface area (Å²) in [6.07, 6.45) is 0.797. The van der Waals surface area contributed by atoms with E-state index in [1.165, 1.54) is 0 Å². The van der Waals surface area contributed by atoms with Crippen molar-refractivity contribution in [3.8, 4) is 11.5 Å². The van der Waals surface area contributed by atoms with E-state index in [0.29, 0.717) is 19.7 Å². The molecule has 22 heavy (non-hydrogen) atoms. The predicted molar refractivity (Wildman–Crippen MR) is 87.8 cm³/mol. The highest BCUT2D eigenvalue weighted by Crippen LogP contribution is 2.16. The molecule has 0 aliphatic carbocycles. The van der Waals surface area contributed by atoms with Gasteiger partial charge in [-0.2, -0.15) is 0 Å². The molecular weight excluding hydrogens is 308 g/mol. The third-order valence-corrected chi connectivity index (χ3v) is 2.98. The van der Waals surface area contributed by atoms with E-state index in [0.717, 1.165) is 17.9 Å². The highest BCUT2D eigenvalue weighted by atomic mass is 35.5. The first-order chi connectivity index (χ1) is 10.2. The second-order valence-electron chi connectivity index (χ2n) is 4.53. The van der Waals surface area contributed by atoms with Crippen LogP contribution < -0.4 is 20.5 Å². The van der Waals surface area contributed by atoms with E-state index in [1.807, 2.05) is 24.3 Å². The van der Waals surface area contributed by atoms with Crippen molar-refractivity contribution in [1.82, 2.24) is 5.32 Å². The number of carbonyl (C=O) groups is 1. The van der Waals surface area contributed by atoms with Crippen molar-refractivity contribution in [1.29, 1.82) is 0 Å². The maximum Gasteiger partial charge on any atom is 0.222 e. The molecule has 0 bridgehead atoms. The Labute approximate surface area is 137 Å². The Morgan fingerprint density at radius 2 is 1.86 bits per heavy atom. The third-order valence-electron chi connectivity index (χ3n) is 2.98. The predicted octanol–water partition coefficient (Wildman–Crippen LogP) is 1.37. The zero-order valence-electron chi connectivity index (χ0n) is 13.0. The second-order valence-corrected chi connectivity index (χ2v) is 4.53. The molecule has 0 radical (unpaired) electrons. The van der Waals surface area contributed by atoms with E-state index < -0.39 is 0 Å². The topological polar surface area (TPSA) is 82.8 Å². The quantitative estimate of drug-likeness (QED) is 0.632. The average molecular weight is 333 g/mol. The minimum atomic E-state index is -0.222. The summed E-state index contributed by atoms with van der Waals surface area (Å²) in [5, 5.41) is 2.81. The van der Waals surface area contributed by atoms with Gasteiger partial charge in [0.2, 0.25) is 5.91 Å². The Balaban J connectivity index is 0.00000441. The molecule has 0 aromatic heterocycles. The summed E-state index contributed by atoms with van der Waals surface area (Å²) in [6, 6.07) is 7.38. The summed E-state index contributed by atoms with van der Waals surface area (Å²) in [5.74, 6) is 1.52. The number of carbonyl (C=O) groups excluding carboxylic acids is 1. The Morgan fingerprint density at radius 3 is 2.41 bits per heavy atom. The van der Waals surface area contributed by atoms with Gasteiger partial charge in [0.15, 0.2) is 0 Å². The third kappa shape index (κ3) is 8.07. The Kier molecular flexibility index (Phi) is 11.3. The van der Waals surface area contributed by atoms with Gasteiger partial charge in [-0.1, -0.05) is 0 Å². The molecule has 126 valence electrons. The van der Waals surface area contributed by atoms with Crippen LogP contribution in [0.1, 0.15) is 12.8 Å². The second kappa shape index (κ2) is 12.1. The molecule has 1 unspecified atom stereocenters. The van der Waals surface area contributed by atoms with Crippen molar-refractivity contribution in [2.24, 2.45) is 5.73 Å². The SMILES string of the molecule is COc1ccc(OCCCNC(=O)CC(CN)OC)cc1.Cl. The number of nitrogens with two attached hydrogens (primary N) is 1. The summed E-state index contributed by atoms with van der Waals surface area (Å²) in [6.45, 7) is 1.44. The molecular formula is C15H25ClN2O4. The number of methoxy groups -OCH3 is 2. The molecule has 1 aromatic rings. The van der Waals surface area contributed by atoms with Crippen molar-refractivity contribution >= 4 is 18.3 Å². The number of hydrogen-bond donors (Lipinski definition) is 2. The van der Waals surface area contributed by atoms with Crippen molar-refractivity contribution in [3.63, 3.8) is 0 Å². The minimum absolute atomic E-state index is 0. The zero-order valence-corrected chi connectivity index (χ0v) is 13.9. The molecule has 7 heteroatoms. The molecule has 1 rings (SSSR count). The van der Waals surface area contributed by atoms with Gasteiger partial charge in [0.1, 0.15) is 11.5 Å². The van der Waals surface area contributed by atoms with E-state index in [4.69, 9.17) is 19.9 Å². The van der Waals surface area contributed by atoms with Crippen LogP contribution in [0.2, 0.25) is 0 Å². The molecule has 1 aromatic carbocycles. The van der Waals surface area contributed by atoms with Gasteiger partial charge in [0.25, 0.3) is 0 Å². The smallest absolute Gasteiger partial charge is 0.222 e. The van der Waals surface area contributed by atoms with E-state index >= 15 is 0 Å². The summed E-state index contributed by atoms with van der Waals surface area (Å²) >= 11 is 0. The lowest BCUT2D eigenvalue weighted by molar-refractivity contribution is -0.123. The molecule has 0 fully saturated rings. The van der Waals surface area contributed by atoms with Gasteiger partial charge in [-0.25, -0.2) is 0 Å². The summed E-state index contributed by atoms with van der Waals surface area (Å²) < 4.78 is 15.7. The first-order valence-electron chi connectivity index (χ1n) is 6.96. The number of rotatable bonds is 10. The standard InChI is InChI=1S/C15H24N2O4.ClH/c1-19-12-4-6-13(7-5-12)21-9-3-8-17-15(18)10-14(11-16)20-2;/h4-7,14H,3,8-11,16H2,1-2H3,(H,17,18);1H. The van der Waals surface area contributed by atoms with Gasteiger partial charge in [0, 0.05) is 20.2 Å². The lowest BCUT2D eigenvalue weighted by atomic mass is 10.2. The van der Waals surface area contributed by atoms with Gasteiger partial charge < -0.3 is 25.3 Å². The maximum atomic E-state index is 11.6. The summed E-state index contributed by atoms with van der Waals surface area (Å²) in [5.41, 5.74) is 5.46. The van der Waals surface area contributed by atoms with Crippen LogP contribution in [-0.4, -0.2) is 45.9 Å². The summed E-state index contributed by atoms with van der Waals surface area (Å²) in [7, 11) is 3.17. The van der Waals surface area contributed by atoms with Gasteiger partial charge in [0.05, 0.1) is 26.2 Å². The summed E-state index contributed by atoms with van der Waals surface area (Å²) in [4.78, 5) is 11.6. The van der Waals surface area contributed by atoms with E-state index in [1.54, 1.807) is 14.2 Å². The lowest BCUT2D eigenvalue weighted by Gasteiger charge is -2.12. The fourth-order valence-electron chi connectivity index (χ4n) is 1.70. The molecule has 1 amide bonds. The molecule has 3 N–H and O–H groups in total. The van der Waals surface area contributed by atoms with Crippen LogP contribution in [0, 0.1) is 0 Å². The van der Waals surface area contributed by atoms with Crippen LogP contribution in [0.15, 0.2) is 24.3 Å². The number of benzene rings is 1. The van der Waals surface area contributed by atoms with E-state index in [-0.39, 0.29) is 30.8 Å². The number of halogens is 1. The lowest BCUT2D eigenvalue weighted by Crippen LogP contribution is -2.33. The Hall–Kier alpha value is -1.50. The molecule has 0 aliphatic heterocycles. The monoisotopic (exact) mass is 332 g/mol. The number of nitrogens with one attached hydrogen (secondary N) is 1. The van der Waals surface area contributed by atoms with Gasteiger partial charge >= 0.3 is 0 Å². The molecule has 0 aliphatic rings. The largest absolute Gasteiger partial charge is 0.497 e. The first-order valence-corrected chi connectivity index (χ1v) is 6.96. The number of amides is 1. The van der Waals surface area contributed by atoms with Crippen LogP contribution in [0.4, 0.5) is 0 Å². The number of hydrogen-bond acceptors (Lipinski definition) is 5. The highest BCUT2D eigenvalue weighted by molar-refractivity contribution is 5.85. The Morgan fingerprint density at radius 1 is 1.23 bits per heavy atom. The van der Waals surface area contributed by atoms with Crippen LogP contribution >= 0.6 is 12.4 Å². The van der Waals surface area contributed by atoms with Crippen molar-refractivity contribution in [2.75, 3.05) is 33.9 Å². The highest BCUT2D eigenvalue weighted by Gasteiger charge is 2.10. The van der Waals surface area contributed by atoms with Gasteiger partial charge in [-0.15, -0.1) is 12.4 Å². The van der Waals surface area contributed by atoms with Crippen LogP contribution in [0.5, 0.6) is 11.5 Å². The molecule has 0 heterocycles. The Bertz CT molecular complexity index is 411. The van der Waals surface area contributed by atoms with E-state index in [9.17, 15) is 4.79 Å². The maximum absolute atomic E-state index is 11.6. The molecule has 0 spiro atoms. The van der Waals surface area contributed by atoms with Crippen LogP contribution in [0.3, 0.4) is 0 Å². The minimum Gasteiger partial charge on any atom is -0.497 e. The van der Waals surface area contributed by atoms with Crippen molar-refractivity contribution in [3.05, 3.63) is 24.3 Å². The van der Waals surface area contributed by atoms with Crippen LogP contribution in [-0.2, 0) is 9.53 Å². The average Bonchev–Trinajstić information content (AvgIpc) is 2.52. The molecule has 0 saturated heterocycles. The normalized spacial score (nSPS) is 11.2. The van der Waals surface area contributed by atoms with Gasteiger partial charge in [-0.3, -0.25) is 4.79 Å². The van der Waals surface area contributed by atoms with Crippen LogP contribution in [0.25, 0.3) is 0 Å². The molecule has 6 nitrogen and oxygen atoms in total. The van der Waals surface area contributed by atoms with E-state index in [2.05, 4.69) is 5.32 Å². The zero-order chi connectivity index (χ0) is 15.5. The number of ether oxygens (including phenoxy) is 3. The van der Waals surface area contributed by atoms with Crippen molar-refractivity contribution in [2.45, 2.75) is 18.9 Å². The fourth-order valence-corrected chi connectivity index (χ4v) is 1.70. The molecule has 0 saturated carbocycles.